The van der Waals surface area contributed by atoms with Crippen LogP contribution in [0.1, 0.15) is 104 Å². The van der Waals surface area contributed by atoms with E-state index in [1.54, 1.807) is 22.7 Å². The molecular formula is C50H56BBrN4O5S3. The molecule has 4 aliphatic rings. The Morgan fingerprint density at radius 1 is 0.562 bits per heavy atom. The lowest BCUT2D eigenvalue weighted by Crippen LogP contribution is -2.41. The van der Waals surface area contributed by atoms with Gasteiger partial charge in [-0.25, -0.2) is 15.0 Å². The van der Waals surface area contributed by atoms with E-state index >= 15 is 0 Å². The van der Waals surface area contributed by atoms with E-state index in [-0.39, 0.29) is 18.3 Å². The Morgan fingerprint density at radius 3 is 1.28 bits per heavy atom. The number of thiazole rings is 3. The number of halogens is 1. The molecule has 10 rings (SSSR count). The monoisotopic (exact) mass is 978 g/mol. The number of nitrogens with two attached hydrogens (primary N) is 1. The molecule has 3 aliphatic carbocycles. The highest BCUT2D eigenvalue weighted by Crippen LogP contribution is 2.37. The maximum Gasteiger partial charge on any atom is 0.487 e. The van der Waals surface area contributed by atoms with E-state index < -0.39 is 0 Å². The molecule has 0 unspecified atom stereocenters. The van der Waals surface area contributed by atoms with Crippen molar-refractivity contribution in [1.82, 2.24) is 15.0 Å². The summed E-state index contributed by atoms with van der Waals surface area (Å²) in [7, 11) is -0.294. The fourth-order valence-corrected chi connectivity index (χ4v) is 8.05. The van der Waals surface area contributed by atoms with Gasteiger partial charge in [0.2, 0.25) is 0 Å². The van der Waals surface area contributed by atoms with Gasteiger partial charge in [-0.15, -0.1) is 34.0 Å². The Morgan fingerprint density at radius 2 is 0.953 bits per heavy atom. The third-order valence-corrected chi connectivity index (χ3v) is 13.5. The second-order valence-corrected chi connectivity index (χ2v) is 20.7. The topological polar surface area (TPSA) is 111 Å². The molecule has 2 N–H and O–H groups in total. The van der Waals surface area contributed by atoms with Crippen LogP contribution in [0.25, 0.3) is 30.4 Å². The number of hydrogen-bond donors (Lipinski definition) is 1. The SMILES string of the molecule is CC1(C)OB(/C=C/c2ccc(OC3CC3)cc2)OC1(C)C.Cc1nc(/C=C/c2ccc(OC3CC3)cc2)cs1.Cc1nc(Br)cs1.Nc1nc(/C=C/c2ccc(OC3CC3)cc2)cs1. The standard InChI is InChI=1S/C17H23BO3.C15H15NOS.C14H14N2OS.C4H4BrNS/c1-16(2)17(3,4)21-18(20-16)12-11-13-5-7-14(8-6-13)19-15-9-10-15;1-11-16-13(10-18-11)5-2-12-3-6-14(7-4-12)17-15-8-9-15;15-14-16-11(9-18-14)4-1-10-2-5-12(6-3-10)17-13-7-8-13;1-3-6-4(5)2-7-3/h5-8,11-12,15H,9-10H2,1-4H3;2-7,10,15H,8-9H2,1H3;1-6,9,13H,7-8H2,(H2,15,16);2H,1H3/b12-11+;5-2+;4-1+;. The summed E-state index contributed by atoms with van der Waals surface area (Å²) in [6.45, 7) is 12.2. The normalized spacial score (nSPS) is 17.3. The molecule has 0 amide bonds. The van der Waals surface area contributed by atoms with Gasteiger partial charge in [0, 0.05) is 16.1 Å². The number of nitrogens with zero attached hydrogens (tertiary/aromatic N) is 3. The maximum absolute atomic E-state index is 5.94. The highest BCUT2D eigenvalue weighted by atomic mass is 79.9. The Kier molecular flexibility index (Phi) is 16.4. The van der Waals surface area contributed by atoms with Gasteiger partial charge in [-0.3, -0.25) is 0 Å². The van der Waals surface area contributed by atoms with Crippen LogP contribution >= 0.6 is 49.9 Å². The second kappa shape index (κ2) is 22.1. The quantitative estimate of drug-likeness (QED) is 0.120. The van der Waals surface area contributed by atoms with Crippen molar-refractivity contribution in [3.05, 3.63) is 138 Å². The van der Waals surface area contributed by atoms with Crippen LogP contribution in [-0.4, -0.2) is 51.6 Å². The van der Waals surface area contributed by atoms with Crippen molar-refractivity contribution in [2.24, 2.45) is 0 Å². The molecule has 0 radical (unpaired) electrons. The van der Waals surface area contributed by atoms with E-state index in [2.05, 4.69) is 94.3 Å². The molecule has 1 aliphatic heterocycles. The number of ether oxygens (including phenoxy) is 3. The first-order valence-electron chi connectivity index (χ1n) is 21.6. The largest absolute Gasteiger partial charge is 0.490 e. The summed E-state index contributed by atoms with van der Waals surface area (Å²) in [5.74, 6) is 4.84. The molecule has 0 bridgehead atoms. The minimum absolute atomic E-state index is 0.288. The number of rotatable bonds is 12. The molecule has 6 aromatic rings. The van der Waals surface area contributed by atoms with Crippen LogP contribution < -0.4 is 19.9 Å². The van der Waals surface area contributed by atoms with Gasteiger partial charge in [-0.1, -0.05) is 60.6 Å². The van der Waals surface area contributed by atoms with E-state index in [1.807, 2.05) is 103 Å². The lowest BCUT2D eigenvalue weighted by Gasteiger charge is -2.32. The number of benzene rings is 3. The molecule has 0 spiro atoms. The van der Waals surface area contributed by atoms with Crippen molar-refractivity contribution in [1.29, 1.82) is 0 Å². The van der Waals surface area contributed by atoms with Crippen LogP contribution in [0.4, 0.5) is 5.13 Å². The molecule has 3 saturated carbocycles. The first-order valence-corrected chi connectivity index (χ1v) is 25.1. The minimum atomic E-state index is -0.294. The zero-order valence-electron chi connectivity index (χ0n) is 37.2. The molecule has 4 fully saturated rings. The fourth-order valence-electron chi connectivity index (χ4n) is 5.80. The summed E-state index contributed by atoms with van der Waals surface area (Å²) in [5, 5.41) is 8.78. The fraction of sp³-hybridized carbons (Fsp3) is 0.340. The molecule has 3 aromatic carbocycles. The Hall–Kier alpha value is -4.57. The second-order valence-electron chi connectivity index (χ2n) is 16.9. The van der Waals surface area contributed by atoms with Crippen molar-refractivity contribution in [2.75, 3.05) is 5.73 Å². The van der Waals surface area contributed by atoms with E-state index in [1.165, 1.54) is 55.4 Å². The molecule has 0 atom stereocenters. The average molecular weight is 980 g/mol. The maximum atomic E-state index is 5.94. The van der Waals surface area contributed by atoms with Gasteiger partial charge in [0.15, 0.2) is 5.13 Å². The van der Waals surface area contributed by atoms with Crippen molar-refractivity contribution < 1.29 is 23.5 Å². The number of anilines is 1. The minimum Gasteiger partial charge on any atom is -0.490 e. The highest BCUT2D eigenvalue weighted by Gasteiger charge is 2.50. The first kappa shape index (κ1) is 47.4. The van der Waals surface area contributed by atoms with Crippen LogP contribution in [0.2, 0.25) is 0 Å². The lowest BCUT2D eigenvalue weighted by molar-refractivity contribution is 0.00578. The first-order chi connectivity index (χ1) is 30.7. The lowest BCUT2D eigenvalue weighted by atomic mass is 9.89. The van der Waals surface area contributed by atoms with Gasteiger partial charge in [0.25, 0.3) is 0 Å². The van der Waals surface area contributed by atoms with Crippen LogP contribution in [-0.2, 0) is 9.31 Å². The van der Waals surface area contributed by atoms with Crippen molar-refractivity contribution in [3.8, 4) is 17.2 Å². The summed E-state index contributed by atoms with van der Waals surface area (Å²) in [6, 6.07) is 24.5. The molecule has 4 heterocycles. The summed E-state index contributed by atoms with van der Waals surface area (Å²) < 4.78 is 30.0. The zero-order valence-corrected chi connectivity index (χ0v) is 41.3. The molecule has 14 heteroatoms. The van der Waals surface area contributed by atoms with Gasteiger partial charge in [0.05, 0.1) is 50.9 Å². The van der Waals surface area contributed by atoms with Crippen LogP contribution in [0.15, 0.2) is 99.5 Å². The Labute approximate surface area is 398 Å². The molecular weight excluding hydrogens is 923 g/mol. The van der Waals surface area contributed by atoms with E-state index in [0.29, 0.717) is 23.4 Å². The summed E-state index contributed by atoms with van der Waals surface area (Å²) in [5.41, 5.74) is 10.3. The number of hydrogen-bond acceptors (Lipinski definition) is 12. The molecule has 3 aromatic heterocycles. The number of nitrogen functional groups attached to an aromatic ring is 1. The van der Waals surface area contributed by atoms with Crippen molar-refractivity contribution >= 4 is 92.6 Å². The summed E-state index contributed by atoms with van der Waals surface area (Å²) in [4.78, 5) is 12.6. The summed E-state index contributed by atoms with van der Waals surface area (Å²) >= 11 is 8.00. The van der Waals surface area contributed by atoms with E-state index in [9.17, 15) is 0 Å². The average Bonchev–Trinajstić information content (AvgIpc) is 4.24. The Balaban J connectivity index is 0.000000134. The number of aromatic nitrogens is 3. The van der Waals surface area contributed by atoms with Gasteiger partial charge in [0.1, 0.15) is 21.9 Å². The third kappa shape index (κ3) is 15.8. The van der Waals surface area contributed by atoms with Gasteiger partial charge >= 0.3 is 7.12 Å². The van der Waals surface area contributed by atoms with E-state index in [4.69, 9.17) is 29.3 Å². The third-order valence-electron chi connectivity index (χ3n) is 10.5. The van der Waals surface area contributed by atoms with Crippen LogP contribution in [0.5, 0.6) is 17.2 Å². The molecule has 64 heavy (non-hydrogen) atoms. The van der Waals surface area contributed by atoms with E-state index in [0.717, 1.165) is 54.4 Å². The molecule has 1 saturated heterocycles. The van der Waals surface area contributed by atoms with Crippen molar-refractivity contribution in [2.45, 2.75) is 110 Å². The summed E-state index contributed by atoms with van der Waals surface area (Å²) in [6.07, 6.45) is 18.6. The highest BCUT2D eigenvalue weighted by molar-refractivity contribution is 9.10. The predicted octanol–water partition coefficient (Wildman–Crippen LogP) is 13.7. The predicted molar refractivity (Wildman–Crippen MR) is 271 cm³/mol. The number of aryl methyl sites for hydroxylation is 2. The van der Waals surface area contributed by atoms with Crippen LogP contribution in [0.3, 0.4) is 0 Å². The van der Waals surface area contributed by atoms with Gasteiger partial charge in [-0.05, 0) is 161 Å². The van der Waals surface area contributed by atoms with Crippen LogP contribution in [0, 0.1) is 13.8 Å². The van der Waals surface area contributed by atoms with Crippen molar-refractivity contribution in [3.63, 3.8) is 0 Å². The molecule has 9 nitrogen and oxygen atoms in total. The zero-order chi connectivity index (χ0) is 45.1. The van der Waals surface area contributed by atoms with Gasteiger partial charge < -0.3 is 29.3 Å². The Bertz CT molecular complexity index is 2330. The molecule has 334 valence electrons. The smallest absolute Gasteiger partial charge is 0.487 e. The van der Waals surface area contributed by atoms with Gasteiger partial charge in [-0.2, -0.15) is 0 Å².